The Labute approximate surface area is 123 Å². The minimum absolute atomic E-state index is 0.0862. The van der Waals surface area contributed by atoms with E-state index in [-0.39, 0.29) is 24.8 Å². The summed E-state index contributed by atoms with van der Waals surface area (Å²) in [6.45, 7) is 3.99. The topological polar surface area (TPSA) is 86.7 Å². The van der Waals surface area contributed by atoms with Crippen molar-refractivity contribution in [3.8, 4) is 0 Å². The molecule has 0 atom stereocenters. The van der Waals surface area contributed by atoms with Gasteiger partial charge in [-0.05, 0) is 24.6 Å². The Morgan fingerprint density at radius 1 is 1.24 bits per heavy atom. The first-order chi connectivity index (χ1) is 9.93. The predicted octanol–water partition coefficient (Wildman–Crippen LogP) is 1.97. The van der Waals surface area contributed by atoms with E-state index in [2.05, 4.69) is 5.32 Å². The second-order valence-corrected chi connectivity index (χ2v) is 4.70. The summed E-state index contributed by atoms with van der Waals surface area (Å²) >= 11 is 0. The monoisotopic (exact) mass is 292 g/mol. The van der Waals surface area contributed by atoms with Gasteiger partial charge in [-0.2, -0.15) is 0 Å². The van der Waals surface area contributed by atoms with Crippen LogP contribution in [0.15, 0.2) is 24.3 Å². The van der Waals surface area contributed by atoms with E-state index in [9.17, 15) is 14.4 Å². The minimum Gasteiger partial charge on any atom is -0.481 e. The average molecular weight is 292 g/mol. The molecule has 0 unspecified atom stereocenters. The first kappa shape index (κ1) is 16.7. The Kier molecular flexibility index (Phi) is 6.39. The summed E-state index contributed by atoms with van der Waals surface area (Å²) in [6.07, 6.45) is 0.661. The number of carboxylic acids is 1. The maximum atomic E-state index is 12.4. The molecule has 114 valence electrons. The van der Waals surface area contributed by atoms with Gasteiger partial charge in [0.2, 0.25) is 5.91 Å². The van der Waals surface area contributed by atoms with Crippen LogP contribution < -0.4 is 5.32 Å². The van der Waals surface area contributed by atoms with Gasteiger partial charge in [0.15, 0.2) is 0 Å². The number of hydrogen-bond acceptors (Lipinski definition) is 3. The van der Waals surface area contributed by atoms with E-state index in [1.165, 1.54) is 11.8 Å². The molecule has 1 rings (SSSR count). The number of benzene rings is 1. The van der Waals surface area contributed by atoms with E-state index in [1.807, 2.05) is 6.92 Å². The fourth-order valence-corrected chi connectivity index (χ4v) is 1.93. The van der Waals surface area contributed by atoms with Crippen molar-refractivity contribution < 1.29 is 19.5 Å². The largest absolute Gasteiger partial charge is 0.481 e. The summed E-state index contributed by atoms with van der Waals surface area (Å²) in [6, 6.07) is 6.61. The Bertz CT molecular complexity index is 528. The lowest BCUT2D eigenvalue weighted by Gasteiger charge is -2.21. The molecule has 0 spiro atoms. The zero-order valence-electron chi connectivity index (χ0n) is 12.3. The van der Waals surface area contributed by atoms with Crippen molar-refractivity contribution in [2.75, 3.05) is 18.4 Å². The number of rotatable bonds is 7. The molecule has 0 aromatic heterocycles. The smallest absolute Gasteiger partial charge is 0.305 e. The lowest BCUT2D eigenvalue weighted by molar-refractivity contribution is -0.137. The fourth-order valence-electron chi connectivity index (χ4n) is 1.93. The SMILES string of the molecule is CCCN(CCC(=O)O)C(=O)c1cccc(NC(C)=O)c1. The molecular formula is C15H20N2O4. The molecule has 6 nitrogen and oxygen atoms in total. The van der Waals surface area contributed by atoms with Gasteiger partial charge < -0.3 is 15.3 Å². The number of amides is 2. The maximum absolute atomic E-state index is 12.4. The molecule has 0 aliphatic rings. The van der Waals surface area contributed by atoms with Crippen LogP contribution >= 0.6 is 0 Å². The van der Waals surface area contributed by atoms with Crippen LogP contribution in [0, 0.1) is 0 Å². The van der Waals surface area contributed by atoms with Gasteiger partial charge >= 0.3 is 5.97 Å². The summed E-state index contributed by atoms with van der Waals surface area (Å²) in [5.74, 6) is -1.38. The van der Waals surface area contributed by atoms with Gasteiger partial charge in [0.1, 0.15) is 0 Å². The van der Waals surface area contributed by atoms with Gasteiger partial charge in [0.25, 0.3) is 5.91 Å². The van der Waals surface area contributed by atoms with Crippen molar-refractivity contribution in [3.63, 3.8) is 0 Å². The zero-order valence-corrected chi connectivity index (χ0v) is 12.3. The number of carbonyl (C=O) groups is 3. The third-order valence-electron chi connectivity index (χ3n) is 2.81. The molecule has 6 heteroatoms. The summed E-state index contributed by atoms with van der Waals surface area (Å²) in [4.78, 5) is 35.6. The highest BCUT2D eigenvalue weighted by molar-refractivity contribution is 5.97. The number of hydrogen-bond donors (Lipinski definition) is 2. The van der Waals surface area contributed by atoms with Crippen LogP contribution in [0.3, 0.4) is 0 Å². The van der Waals surface area contributed by atoms with Gasteiger partial charge in [0.05, 0.1) is 6.42 Å². The molecule has 0 aliphatic carbocycles. The summed E-state index contributed by atoms with van der Waals surface area (Å²) in [5.41, 5.74) is 0.975. The molecule has 0 aliphatic heterocycles. The number of nitrogens with one attached hydrogen (secondary N) is 1. The lowest BCUT2D eigenvalue weighted by atomic mass is 10.1. The molecule has 0 saturated carbocycles. The highest BCUT2D eigenvalue weighted by atomic mass is 16.4. The molecule has 21 heavy (non-hydrogen) atoms. The zero-order chi connectivity index (χ0) is 15.8. The molecule has 0 bridgehead atoms. The van der Waals surface area contributed by atoms with Crippen LogP contribution in [0.4, 0.5) is 5.69 Å². The van der Waals surface area contributed by atoms with Crippen LogP contribution in [-0.4, -0.2) is 40.9 Å². The first-order valence-electron chi connectivity index (χ1n) is 6.82. The fraction of sp³-hybridized carbons (Fsp3) is 0.400. The van der Waals surface area contributed by atoms with Crippen LogP contribution in [0.2, 0.25) is 0 Å². The van der Waals surface area contributed by atoms with Gasteiger partial charge in [0, 0.05) is 31.3 Å². The van der Waals surface area contributed by atoms with E-state index in [4.69, 9.17) is 5.11 Å². The second-order valence-electron chi connectivity index (χ2n) is 4.70. The Hall–Kier alpha value is -2.37. The van der Waals surface area contributed by atoms with E-state index in [1.54, 1.807) is 24.3 Å². The Morgan fingerprint density at radius 2 is 1.95 bits per heavy atom. The number of carboxylic acid groups (broad SMARTS) is 1. The van der Waals surface area contributed by atoms with E-state index < -0.39 is 5.97 Å². The van der Waals surface area contributed by atoms with E-state index in [0.717, 1.165) is 6.42 Å². The highest BCUT2D eigenvalue weighted by Crippen LogP contribution is 2.13. The van der Waals surface area contributed by atoms with Gasteiger partial charge in [-0.25, -0.2) is 0 Å². The number of anilines is 1. The molecule has 2 amide bonds. The Morgan fingerprint density at radius 3 is 2.52 bits per heavy atom. The van der Waals surface area contributed by atoms with E-state index in [0.29, 0.717) is 17.8 Å². The average Bonchev–Trinajstić information content (AvgIpc) is 2.42. The quantitative estimate of drug-likeness (QED) is 0.804. The highest BCUT2D eigenvalue weighted by Gasteiger charge is 2.16. The van der Waals surface area contributed by atoms with Crippen molar-refractivity contribution in [1.82, 2.24) is 4.90 Å². The van der Waals surface area contributed by atoms with Gasteiger partial charge in [-0.1, -0.05) is 13.0 Å². The molecular weight excluding hydrogens is 272 g/mol. The van der Waals surface area contributed by atoms with Gasteiger partial charge in [-0.15, -0.1) is 0 Å². The normalized spacial score (nSPS) is 10.0. The maximum Gasteiger partial charge on any atom is 0.305 e. The van der Waals surface area contributed by atoms with Crippen LogP contribution in [0.5, 0.6) is 0 Å². The molecule has 0 radical (unpaired) electrons. The minimum atomic E-state index is -0.934. The Balaban J connectivity index is 2.86. The van der Waals surface area contributed by atoms with E-state index >= 15 is 0 Å². The van der Waals surface area contributed by atoms with Crippen LogP contribution in [0.25, 0.3) is 0 Å². The third kappa shape index (κ3) is 5.64. The summed E-state index contributed by atoms with van der Waals surface area (Å²) in [7, 11) is 0. The van der Waals surface area contributed by atoms with Crippen molar-refractivity contribution in [1.29, 1.82) is 0 Å². The molecule has 0 heterocycles. The van der Waals surface area contributed by atoms with Crippen molar-refractivity contribution in [2.24, 2.45) is 0 Å². The predicted molar refractivity (Wildman–Crippen MR) is 79.2 cm³/mol. The third-order valence-corrected chi connectivity index (χ3v) is 2.81. The summed E-state index contributed by atoms with van der Waals surface area (Å²) < 4.78 is 0. The van der Waals surface area contributed by atoms with Crippen LogP contribution in [-0.2, 0) is 9.59 Å². The van der Waals surface area contributed by atoms with Crippen molar-refractivity contribution >= 4 is 23.5 Å². The number of nitrogens with zero attached hydrogens (tertiary/aromatic N) is 1. The second kappa shape index (κ2) is 8.04. The number of carbonyl (C=O) groups excluding carboxylic acids is 2. The molecule has 1 aromatic carbocycles. The van der Waals surface area contributed by atoms with Crippen molar-refractivity contribution in [3.05, 3.63) is 29.8 Å². The molecule has 2 N–H and O–H groups in total. The number of aliphatic carboxylic acids is 1. The molecule has 1 aromatic rings. The lowest BCUT2D eigenvalue weighted by Crippen LogP contribution is -2.33. The molecule has 0 fully saturated rings. The van der Waals surface area contributed by atoms with Crippen molar-refractivity contribution in [2.45, 2.75) is 26.7 Å². The van der Waals surface area contributed by atoms with Gasteiger partial charge in [-0.3, -0.25) is 14.4 Å². The summed E-state index contributed by atoms with van der Waals surface area (Å²) in [5, 5.41) is 11.4. The van der Waals surface area contributed by atoms with Crippen LogP contribution in [0.1, 0.15) is 37.0 Å². The standard InChI is InChI=1S/C15H20N2O4/c1-3-8-17(9-7-14(19)20)15(21)12-5-4-6-13(10-12)16-11(2)18/h4-6,10H,3,7-9H2,1-2H3,(H,16,18)(H,19,20). The first-order valence-corrected chi connectivity index (χ1v) is 6.82. The molecule has 0 saturated heterocycles.